The summed E-state index contributed by atoms with van der Waals surface area (Å²) in [4.78, 5) is 10.9. The molecule has 1 N–H and O–H groups in total. The second kappa shape index (κ2) is 4.31. The minimum absolute atomic E-state index is 0.0828. The standard InChI is InChI=1S/C9H10ClNO4S/c1-11(16(2,14)15)8-4-3-6(10)5-7(8)9(12)13/h3-5H,1-2H3,(H,12,13). The van der Waals surface area contributed by atoms with Crippen molar-refractivity contribution in [2.45, 2.75) is 0 Å². The van der Waals surface area contributed by atoms with Gasteiger partial charge in [0.25, 0.3) is 0 Å². The van der Waals surface area contributed by atoms with Crippen LogP contribution in [0.25, 0.3) is 0 Å². The molecule has 0 fully saturated rings. The zero-order chi connectivity index (χ0) is 12.5. The molecule has 0 aliphatic rings. The van der Waals surface area contributed by atoms with E-state index >= 15 is 0 Å². The lowest BCUT2D eigenvalue weighted by molar-refractivity contribution is 0.0698. The minimum atomic E-state index is -3.50. The van der Waals surface area contributed by atoms with Crippen molar-refractivity contribution in [2.24, 2.45) is 0 Å². The van der Waals surface area contributed by atoms with Gasteiger partial charge >= 0.3 is 5.97 Å². The van der Waals surface area contributed by atoms with Crippen molar-refractivity contribution in [2.75, 3.05) is 17.6 Å². The molecule has 1 aromatic carbocycles. The van der Waals surface area contributed by atoms with E-state index in [9.17, 15) is 13.2 Å². The first-order valence-corrected chi connectivity index (χ1v) is 6.43. The molecule has 1 aromatic rings. The summed E-state index contributed by atoms with van der Waals surface area (Å²) >= 11 is 5.65. The molecule has 0 saturated carbocycles. The summed E-state index contributed by atoms with van der Waals surface area (Å²) in [5, 5.41) is 9.16. The molecule has 1 rings (SSSR count). The zero-order valence-corrected chi connectivity index (χ0v) is 10.2. The number of nitrogens with zero attached hydrogens (tertiary/aromatic N) is 1. The fraction of sp³-hybridized carbons (Fsp3) is 0.222. The molecule has 0 saturated heterocycles. The van der Waals surface area contributed by atoms with Gasteiger partial charge < -0.3 is 5.11 Å². The van der Waals surface area contributed by atoms with Crippen molar-refractivity contribution in [3.05, 3.63) is 28.8 Å². The average Bonchev–Trinajstić information content (AvgIpc) is 2.15. The number of sulfonamides is 1. The number of anilines is 1. The highest BCUT2D eigenvalue weighted by atomic mass is 35.5. The van der Waals surface area contributed by atoms with Crippen LogP contribution >= 0.6 is 11.6 Å². The van der Waals surface area contributed by atoms with Crippen molar-refractivity contribution >= 4 is 33.3 Å². The van der Waals surface area contributed by atoms with Gasteiger partial charge in [-0.25, -0.2) is 13.2 Å². The first-order chi connectivity index (χ1) is 7.23. The molecule has 88 valence electrons. The quantitative estimate of drug-likeness (QED) is 0.895. The molecule has 7 heteroatoms. The number of carbonyl (C=O) groups is 1. The Bertz CT molecular complexity index is 526. The van der Waals surface area contributed by atoms with Crippen LogP contribution in [0, 0.1) is 0 Å². The van der Waals surface area contributed by atoms with E-state index in [0.29, 0.717) is 0 Å². The summed E-state index contributed by atoms with van der Waals surface area (Å²) in [6, 6.07) is 4.00. The Morgan fingerprint density at radius 1 is 1.44 bits per heavy atom. The number of carboxylic acids is 1. The lowest BCUT2D eigenvalue weighted by Crippen LogP contribution is -2.26. The average molecular weight is 264 g/mol. The first-order valence-electron chi connectivity index (χ1n) is 4.20. The maximum atomic E-state index is 11.3. The van der Waals surface area contributed by atoms with Crippen LogP contribution in [0.4, 0.5) is 5.69 Å². The van der Waals surface area contributed by atoms with Crippen LogP contribution in [0.2, 0.25) is 5.02 Å². The van der Waals surface area contributed by atoms with Crippen LogP contribution in [-0.2, 0) is 10.0 Å². The fourth-order valence-electron chi connectivity index (χ4n) is 1.13. The van der Waals surface area contributed by atoms with E-state index < -0.39 is 16.0 Å². The predicted molar refractivity (Wildman–Crippen MR) is 61.7 cm³/mol. The van der Waals surface area contributed by atoms with Gasteiger partial charge in [-0.15, -0.1) is 0 Å². The van der Waals surface area contributed by atoms with Gasteiger partial charge in [0.15, 0.2) is 0 Å². The molecule has 0 bridgehead atoms. The molecule has 5 nitrogen and oxygen atoms in total. The lowest BCUT2D eigenvalue weighted by Gasteiger charge is -2.18. The van der Waals surface area contributed by atoms with Gasteiger partial charge in [0, 0.05) is 12.1 Å². The molecular formula is C9H10ClNO4S. The number of benzene rings is 1. The van der Waals surface area contributed by atoms with Crippen molar-refractivity contribution < 1.29 is 18.3 Å². The van der Waals surface area contributed by atoms with Gasteiger partial charge in [-0.1, -0.05) is 11.6 Å². The Morgan fingerprint density at radius 2 is 2.00 bits per heavy atom. The van der Waals surface area contributed by atoms with Crippen LogP contribution in [0.1, 0.15) is 10.4 Å². The summed E-state index contributed by atoms with van der Waals surface area (Å²) in [5.74, 6) is -1.23. The second-order valence-electron chi connectivity index (χ2n) is 3.20. The smallest absolute Gasteiger partial charge is 0.337 e. The van der Waals surface area contributed by atoms with Gasteiger partial charge in [0.05, 0.1) is 17.5 Å². The summed E-state index contributed by atoms with van der Waals surface area (Å²) in [7, 11) is -2.22. The van der Waals surface area contributed by atoms with Gasteiger partial charge in [-0.3, -0.25) is 4.31 Å². The molecule has 0 aromatic heterocycles. The molecule has 0 aliphatic heterocycles. The summed E-state index contributed by atoms with van der Waals surface area (Å²) in [5.41, 5.74) is -0.0696. The van der Waals surface area contributed by atoms with Crippen molar-refractivity contribution in [1.29, 1.82) is 0 Å². The largest absolute Gasteiger partial charge is 0.478 e. The normalized spacial score (nSPS) is 11.2. The topological polar surface area (TPSA) is 74.7 Å². The monoisotopic (exact) mass is 263 g/mol. The Hall–Kier alpha value is -1.27. The molecule has 16 heavy (non-hydrogen) atoms. The highest BCUT2D eigenvalue weighted by Crippen LogP contribution is 2.25. The van der Waals surface area contributed by atoms with Crippen molar-refractivity contribution in [1.82, 2.24) is 0 Å². The van der Waals surface area contributed by atoms with E-state index in [1.807, 2.05) is 0 Å². The summed E-state index contributed by atoms with van der Waals surface area (Å²) in [6.45, 7) is 0. The van der Waals surface area contributed by atoms with E-state index in [1.165, 1.54) is 25.2 Å². The SMILES string of the molecule is CN(c1ccc(Cl)cc1C(=O)O)S(C)(=O)=O. The van der Waals surface area contributed by atoms with E-state index in [-0.39, 0.29) is 16.3 Å². The Morgan fingerprint density at radius 3 is 2.44 bits per heavy atom. The Labute approximate surface area is 98.3 Å². The number of hydrogen-bond donors (Lipinski definition) is 1. The number of aromatic carboxylic acids is 1. The first kappa shape index (κ1) is 12.8. The minimum Gasteiger partial charge on any atom is -0.478 e. The van der Waals surface area contributed by atoms with E-state index in [4.69, 9.17) is 16.7 Å². The highest BCUT2D eigenvalue weighted by Gasteiger charge is 2.19. The van der Waals surface area contributed by atoms with Gasteiger partial charge in [0.2, 0.25) is 10.0 Å². The highest BCUT2D eigenvalue weighted by molar-refractivity contribution is 7.92. The van der Waals surface area contributed by atoms with Crippen LogP contribution in [0.5, 0.6) is 0 Å². The van der Waals surface area contributed by atoms with Crippen LogP contribution < -0.4 is 4.31 Å². The van der Waals surface area contributed by atoms with Crippen LogP contribution in [-0.4, -0.2) is 32.8 Å². The predicted octanol–water partition coefficient (Wildman–Crippen LogP) is 1.43. The van der Waals surface area contributed by atoms with Crippen LogP contribution in [0.15, 0.2) is 18.2 Å². The number of halogens is 1. The van der Waals surface area contributed by atoms with Crippen molar-refractivity contribution in [3.8, 4) is 0 Å². The number of hydrogen-bond acceptors (Lipinski definition) is 3. The molecule has 0 atom stereocenters. The molecule has 0 amide bonds. The van der Waals surface area contributed by atoms with Gasteiger partial charge in [-0.05, 0) is 18.2 Å². The third kappa shape index (κ3) is 2.65. The Kier molecular flexibility index (Phi) is 3.44. The second-order valence-corrected chi connectivity index (χ2v) is 5.65. The molecule has 0 heterocycles. The molecule has 0 spiro atoms. The zero-order valence-electron chi connectivity index (χ0n) is 8.64. The maximum Gasteiger partial charge on any atom is 0.337 e. The lowest BCUT2D eigenvalue weighted by atomic mass is 10.2. The Balaban J connectivity index is 3.40. The van der Waals surface area contributed by atoms with E-state index in [1.54, 1.807) is 0 Å². The molecule has 0 unspecified atom stereocenters. The molecule has 0 aliphatic carbocycles. The van der Waals surface area contributed by atoms with Gasteiger partial charge in [0.1, 0.15) is 0 Å². The number of rotatable bonds is 3. The van der Waals surface area contributed by atoms with E-state index in [0.717, 1.165) is 10.6 Å². The van der Waals surface area contributed by atoms with Crippen LogP contribution in [0.3, 0.4) is 0 Å². The maximum absolute atomic E-state index is 11.3. The third-order valence-corrected chi connectivity index (χ3v) is 3.45. The fourth-order valence-corrected chi connectivity index (χ4v) is 1.82. The molecule has 0 radical (unpaired) electrons. The van der Waals surface area contributed by atoms with Gasteiger partial charge in [-0.2, -0.15) is 0 Å². The summed E-state index contributed by atoms with van der Waals surface area (Å²) in [6.07, 6.45) is 0.993. The summed E-state index contributed by atoms with van der Waals surface area (Å²) < 4.78 is 23.5. The van der Waals surface area contributed by atoms with E-state index in [2.05, 4.69) is 0 Å². The van der Waals surface area contributed by atoms with Crippen molar-refractivity contribution in [3.63, 3.8) is 0 Å². The number of carboxylic acid groups (broad SMARTS) is 1. The molecular weight excluding hydrogens is 254 g/mol. The third-order valence-electron chi connectivity index (χ3n) is 2.03.